The monoisotopic (exact) mass is 142 g/mol. The van der Waals surface area contributed by atoms with E-state index < -0.39 is 0 Å². The van der Waals surface area contributed by atoms with Crippen molar-refractivity contribution in [1.29, 1.82) is 0 Å². The SMILES string of the molecule is CCC([C]=O)CCN(C)C. The molecule has 0 aromatic carbocycles. The summed E-state index contributed by atoms with van der Waals surface area (Å²) in [6, 6.07) is 0. The summed E-state index contributed by atoms with van der Waals surface area (Å²) in [6.07, 6.45) is 3.88. The molecular weight excluding hydrogens is 126 g/mol. The first kappa shape index (κ1) is 9.63. The molecule has 1 radical (unpaired) electrons. The van der Waals surface area contributed by atoms with Crippen molar-refractivity contribution in [2.24, 2.45) is 5.92 Å². The topological polar surface area (TPSA) is 20.3 Å². The minimum atomic E-state index is 0.141. The summed E-state index contributed by atoms with van der Waals surface area (Å²) >= 11 is 0. The summed E-state index contributed by atoms with van der Waals surface area (Å²) in [4.78, 5) is 12.3. The molecule has 0 spiro atoms. The van der Waals surface area contributed by atoms with Crippen molar-refractivity contribution in [2.75, 3.05) is 20.6 Å². The van der Waals surface area contributed by atoms with Crippen LogP contribution < -0.4 is 0 Å². The zero-order valence-corrected chi connectivity index (χ0v) is 7.05. The summed E-state index contributed by atoms with van der Waals surface area (Å²) in [5.74, 6) is 0.141. The van der Waals surface area contributed by atoms with Gasteiger partial charge in [0.05, 0.1) is 0 Å². The Morgan fingerprint density at radius 1 is 1.50 bits per heavy atom. The van der Waals surface area contributed by atoms with Crippen molar-refractivity contribution >= 4 is 6.29 Å². The first-order chi connectivity index (χ1) is 4.70. The molecule has 0 bridgehead atoms. The molecule has 0 aliphatic carbocycles. The van der Waals surface area contributed by atoms with Crippen molar-refractivity contribution in [3.8, 4) is 0 Å². The Morgan fingerprint density at radius 3 is 2.40 bits per heavy atom. The molecule has 0 amide bonds. The van der Waals surface area contributed by atoms with Crippen LogP contribution in [0.15, 0.2) is 0 Å². The van der Waals surface area contributed by atoms with E-state index in [0.717, 1.165) is 19.4 Å². The highest BCUT2D eigenvalue weighted by molar-refractivity contribution is 5.54. The molecule has 0 saturated heterocycles. The van der Waals surface area contributed by atoms with E-state index in [-0.39, 0.29) is 5.92 Å². The smallest absolute Gasteiger partial charge is 0.201 e. The molecule has 0 aliphatic heterocycles. The Bertz CT molecular complexity index is 91.3. The van der Waals surface area contributed by atoms with E-state index in [4.69, 9.17) is 0 Å². The van der Waals surface area contributed by atoms with E-state index in [2.05, 4.69) is 4.90 Å². The second-order valence-corrected chi connectivity index (χ2v) is 2.81. The Kier molecular flexibility index (Phi) is 5.22. The molecule has 2 nitrogen and oxygen atoms in total. The van der Waals surface area contributed by atoms with Crippen LogP contribution in [-0.4, -0.2) is 31.8 Å². The summed E-state index contributed by atoms with van der Waals surface area (Å²) in [5, 5.41) is 0. The van der Waals surface area contributed by atoms with E-state index in [1.807, 2.05) is 27.3 Å². The van der Waals surface area contributed by atoms with Crippen LogP contribution in [0.2, 0.25) is 0 Å². The maximum atomic E-state index is 10.2. The molecule has 0 saturated carbocycles. The van der Waals surface area contributed by atoms with Gasteiger partial charge in [-0.15, -0.1) is 0 Å². The van der Waals surface area contributed by atoms with Crippen LogP contribution in [0.25, 0.3) is 0 Å². The third-order valence-electron chi connectivity index (χ3n) is 1.58. The number of hydrogen-bond acceptors (Lipinski definition) is 2. The van der Waals surface area contributed by atoms with Crippen LogP contribution in [0.1, 0.15) is 19.8 Å². The Balaban J connectivity index is 3.34. The van der Waals surface area contributed by atoms with Gasteiger partial charge < -0.3 is 4.90 Å². The number of hydrogen-bond donors (Lipinski definition) is 0. The predicted molar refractivity (Wildman–Crippen MR) is 42.6 cm³/mol. The molecule has 0 fully saturated rings. The molecule has 0 aromatic rings. The van der Waals surface area contributed by atoms with Gasteiger partial charge in [0.25, 0.3) is 0 Å². The highest BCUT2D eigenvalue weighted by Crippen LogP contribution is 2.03. The zero-order chi connectivity index (χ0) is 7.98. The number of nitrogens with zero attached hydrogens (tertiary/aromatic N) is 1. The Labute approximate surface area is 63.2 Å². The standard InChI is InChI=1S/C8H16NO/c1-4-8(7-10)5-6-9(2)3/h8H,4-6H2,1-3H3. The van der Waals surface area contributed by atoms with Crippen LogP contribution in [0, 0.1) is 5.92 Å². The molecule has 0 rings (SSSR count). The van der Waals surface area contributed by atoms with Crippen molar-refractivity contribution < 1.29 is 4.79 Å². The lowest BCUT2D eigenvalue weighted by Gasteiger charge is -2.11. The van der Waals surface area contributed by atoms with Gasteiger partial charge in [-0.1, -0.05) is 6.92 Å². The lowest BCUT2D eigenvalue weighted by molar-refractivity contribution is 0.370. The molecule has 2 heteroatoms. The van der Waals surface area contributed by atoms with Gasteiger partial charge >= 0.3 is 0 Å². The van der Waals surface area contributed by atoms with Gasteiger partial charge in [0.2, 0.25) is 6.29 Å². The lowest BCUT2D eigenvalue weighted by atomic mass is 10.0. The Morgan fingerprint density at radius 2 is 2.10 bits per heavy atom. The second kappa shape index (κ2) is 5.42. The largest absolute Gasteiger partial charge is 0.309 e. The molecular formula is C8H16NO. The van der Waals surface area contributed by atoms with E-state index >= 15 is 0 Å². The van der Waals surface area contributed by atoms with Gasteiger partial charge in [0.15, 0.2) is 0 Å². The van der Waals surface area contributed by atoms with Crippen LogP contribution in [0.5, 0.6) is 0 Å². The lowest BCUT2D eigenvalue weighted by Crippen LogP contribution is -2.16. The van der Waals surface area contributed by atoms with Crippen LogP contribution in [0.3, 0.4) is 0 Å². The fraction of sp³-hybridized carbons (Fsp3) is 0.875. The van der Waals surface area contributed by atoms with E-state index in [1.54, 1.807) is 0 Å². The number of rotatable bonds is 5. The van der Waals surface area contributed by atoms with E-state index in [9.17, 15) is 4.79 Å². The maximum Gasteiger partial charge on any atom is 0.201 e. The highest BCUT2D eigenvalue weighted by atomic mass is 16.1. The maximum absolute atomic E-state index is 10.2. The van der Waals surface area contributed by atoms with Crippen LogP contribution >= 0.6 is 0 Å². The molecule has 1 atom stereocenters. The summed E-state index contributed by atoms with van der Waals surface area (Å²) in [5.41, 5.74) is 0. The number of carbonyl (C=O) groups excluding carboxylic acids is 1. The molecule has 0 aromatic heterocycles. The molecule has 0 N–H and O–H groups in total. The van der Waals surface area contributed by atoms with Gasteiger partial charge in [0, 0.05) is 5.92 Å². The van der Waals surface area contributed by atoms with Crippen molar-refractivity contribution in [3.63, 3.8) is 0 Å². The average Bonchev–Trinajstić information content (AvgIpc) is 1.90. The first-order valence-corrected chi connectivity index (χ1v) is 3.73. The van der Waals surface area contributed by atoms with Crippen LogP contribution in [-0.2, 0) is 4.79 Å². The molecule has 0 heterocycles. The van der Waals surface area contributed by atoms with Crippen molar-refractivity contribution in [2.45, 2.75) is 19.8 Å². The molecule has 0 aliphatic rings. The first-order valence-electron chi connectivity index (χ1n) is 3.73. The van der Waals surface area contributed by atoms with Gasteiger partial charge in [0.1, 0.15) is 0 Å². The Hall–Kier alpha value is -0.370. The third-order valence-corrected chi connectivity index (χ3v) is 1.58. The van der Waals surface area contributed by atoms with Crippen molar-refractivity contribution in [1.82, 2.24) is 4.90 Å². The molecule has 59 valence electrons. The predicted octanol–water partition coefficient (Wildman–Crippen LogP) is 1.07. The highest BCUT2D eigenvalue weighted by Gasteiger charge is 2.04. The summed E-state index contributed by atoms with van der Waals surface area (Å²) in [6.45, 7) is 3.00. The normalized spacial score (nSPS) is 13.6. The molecule has 10 heavy (non-hydrogen) atoms. The summed E-state index contributed by atoms with van der Waals surface area (Å²) < 4.78 is 0. The fourth-order valence-electron chi connectivity index (χ4n) is 0.760. The zero-order valence-electron chi connectivity index (χ0n) is 7.05. The third kappa shape index (κ3) is 4.50. The fourth-order valence-corrected chi connectivity index (χ4v) is 0.760. The van der Waals surface area contributed by atoms with E-state index in [0.29, 0.717) is 0 Å². The quantitative estimate of drug-likeness (QED) is 0.572. The van der Waals surface area contributed by atoms with Gasteiger partial charge in [-0.05, 0) is 33.5 Å². The minimum absolute atomic E-state index is 0.141. The summed E-state index contributed by atoms with van der Waals surface area (Å²) in [7, 11) is 4.02. The van der Waals surface area contributed by atoms with Gasteiger partial charge in [-0.25, -0.2) is 0 Å². The van der Waals surface area contributed by atoms with Crippen molar-refractivity contribution in [3.05, 3.63) is 0 Å². The molecule has 1 unspecified atom stereocenters. The second-order valence-electron chi connectivity index (χ2n) is 2.81. The van der Waals surface area contributed by atoms with Gasteiger partial charge in [-0.2, -0.15) is 0 Å². The minimum Gasteiger partial charge on any atom is -0.309 e. The average molecular weight is 142 g/mol. The van der Waals surface area contributed by atoms with E-state index in [1.165, 1.54) is 0 Å². The van der Waals surface area contributed by atoms with Crippen LogP contribution in [0.4, 0.5) is 0 Å². The van der Waals surface area contributed by atoms with Gasteiger partial charge in [-0.3, -0.25) is 4.79 Å².